The monoisotopic (exact) mass is 933 g/mol. The van der Waals surface area contributed by atoms with Gasteiger partial charge < -0.3 is 14.2 Å². The molecule has 0 saturated carbocycles. The van der Waals surface area contributed by atoms with E-state index in [1.165, 1.54) is 238 Å². The lowest BCUT2D eigenvalue weighted by molar-refractivity contribution is -0.167. The third-order valence-electron chi connectivity index (χ3n) is 13.8. The van der Waals surface area contributed by atoms with E-state index in [0.29, 0.717) is 19.3 Å². The van der Waals surface area contributed by atoms with Crippen molar-refractivity contribution in [2.24, 2.45) is 5.92 Å². The van der Waals surface area contributed by atoms with E-state index in [-0.39, 0.29) is 31.1 Å². The van der Waals surface area contributed by atoms with E-state index in [9.17, 15) is 14.4 Å². The van der Waals surface area contributed by atoms with E-state index >= 15 is 0 Å². The quantitative estimate of drug-likeness (QED) is 0.0343. The second kappa shape index (κ2) is 54.4. The van der Waals surface area contributed by atoms with Crippen molar-refractivity contribution in [3.8, 4) is 0 Å². The lowest BCUT2D eigenvalue weighted by atomic mass is 10.0. The first-order valence-corrected chi connectivity index (χ1v) is 29.9. The molecule has 0 aliphatic carbocycles. The van der Waals surface area contributed by atoms with E-state index < -0.39 is 6.10 Å². The lowest BCUT2D eigenvalue weighted by Gasteiger charge is -2.18. The zero-order valence-electron chi connectivity index (χ0n) is 45.2. The molecule has 0 rings (SSSR count). The van der Waals surface area contributed by atoms with Gasteiger partial charge >= 0.3 is 17.9 Å². The van der Waals surface area contributed by atoms with Crippen molar-refractivity contribution in [1.29, 1.82) is 0 Å². The Morgan fingerprint density at radius 3 is 0.742 bits per heavy atom. The van der Waals surface area contributed by atoms with Crippen LogP contribution in [-0.2, 0) is 28.6 Å². The topological polar surface area (TPSA) is 78.9 Å². The molecule has 0 aromatic heterocycles. The van der Waals surface area contributed by atoms with E-state index in [0.717, 1.165) is 63.7 Å². The number of unbranched alkanes of at least 4 members (excludes halogenated alkanes) is 42. The Morgan fingerprint density at radius 1 is 0.288 bits per heavy atom. The fraction of sp³-hybridized carbons (Fsp3) is 0.950. The minimum Gasteiger partial charge on any atom is -0.462 e. The van der Waals surface area contributed by atoms with Crippen molar-refractivity contribution < 1.29 is 28.6 Å². The summed E-state index contributed by atoms with van der Waals surface area (Å²) >= 11 is 0. The van der Waals surface area contributed by atoms with Crippen molar-refractivity contribution in [2.45, 2.75) is 348 Å². The molecule has 0 aliphatic rings. The Morgan fingerprint density at radius 2 is 0.500 bits per heavy atom. The van der Waals surface area contributed by atoms with E-state index in [2.05, 4.69) is 27.7 Å². The Hall–Kier alpha value is -1.59. The summed E-state index contributed by atoms with van der Waals surface area (Å²) in [5.74, 6) is 0.0238. The molecule has 0 N–H and O–H groups in total. The summed E-state index contributed by atoms with van der Waals surface area (Å²) in [5, 5.41) is 0. The lowest BCUT2D eigenvalue weighted by Crippen LogP contribution is -2.30. The van der Waals surface area contributed by atoms with Crippen LogP contribution in [0.1, 0.15) is 342 Å². The van der Waals surface area contributed by atoms with Gasteiger partial charge in [0.05, 0.1) is 0 Å². The highest BCUT2D eigenvalue weighted by Crippen LogP contribution is 2.18. The fourth-order valence-electron chi connectivity index (χ4n) is 9.28. The maximum Gasteiger partial charge on any atom is 0.306 e. The molecule has 0 aliphatic heterocycles. The van der Waals surface area contributed by atoms with Gasteiger partial charge in [-0.15, -0.1) is 0 Å². The summed E-state index contributed by atoms with van der Waals surface area (Å²) in [6.45, 7) is 9.07. The van der Waals surface area contributed by atoms with Crippen LogP contribution in [0.3, 0.4) is 0 Å². The van der Waals surface area contributed by atoms with Gasteiger partial charge in [-0.3, -0.25) is 14.4 Å². The van der Waals surface area contributed by atoms with Crippen molar-refractivity contribution in [3.63, 3.8) is 0 Å². The molecule has 0 aromatic rings. The van der Waals surface area contributed by atoms with Crippen LogP contribution in [-0.4, -0.2) is 37.2 Å². The number of hydrogen-bond donors (Lipinski definition) is 0. The van der Waals surface area contributed by atoms with E-state index in [1.54, 1.807) is 0 Å². The normalized spacial score (nSPS) is 12.0. The summed E-state index contributed by atoms with van der Waals surface area (Å²) < 4.78 is 16.9. The molecule has 0 amide bonds. The van der Waals surface area contributed by atoms with Crippen LogP contribution in [0.15, 0.2) is 0 Å². The molecule has 0 bridgehead atoms. The van der Waals surface area contributed by atoms with Crippen molar-refractivity contribution in [3.05, 3.63) is 0 Å². The number of rotatable bonds is 55. The molecule has 0 spiro atoms. The Kier molecular flexibility index (Phi) is 53.0. The largest absolute Gasteiger partial charge is 0.462 e. The number of esters is 3. The molecule has 0 heterocycles. The minimum atomic E-state index is -0.761. The van der Waals surface area contributed by atoms with Gasteiger partial charge in [-0.1, -0.05) is 304 Å². The molecule has 0 fully saturated rings. The third kappa shape index (κ3) is 53.4. The summed E-state index contributed by atoms with van der Waals surface area (Å²) in [4.78, 5) is 38.1. The van der Waals surface area contributed by atoms with Gasteiger partial charge in [0.15, 0.2) is 6.10 Å². The summed E-state index contributed by atoms with van der Waals surface area (Å²) in [7, 11) is 0. The van der Waals surface area contributed by atoms with E-state index in [1.807, 2.05) is 0 Å². The number of carbonyl (C=O) groups excluding carboxylic acids is 3. The summed E-state index contributed by atoms with van der Waals surface area (Å²) in [6.07, 6.45) is 59.6. The van der Waals surface area contributed by atoms with Crippen LogP contribution in [0, 0.1) is 5.92 Å². The molecule has 0 saturated heterocycles. The van der Waals surface area contributed by atoms with Crippen LogP contribution in [0.4, 0.5) is 0 Å². The Balaban J connectivity index is 4.17. The molecule has 6 heteroatoms. The fourth-order valence-corrected chi connectivity index (χ4v) is 9.28. The predicted octanol–water partition coefficient (Wildman–Crippen LogP) is 19.8. The van der Waals surface area contributed by atoms with Crippen molar-refractivity contribution in [2.75, 3.05) is 13.2 Å². The first-order chi connectivity index (χ1) is 32.4. The third-order valence-corrected chi connectivity index (χ3v) is 13.8. The summed E-state index contributed by atoms with van der Waals surface area (Å²) in [6, 6.07) is 0. The molecule has 1 atom stereocenters. The zero-order valence-corrected chi connectivity index (χ0v) is 45.2. The molecule has 66 heavy (non-hydrogen) atoms. The zero-order chi connectivity index (χ0) is 48.1. The maximum absolute atomic E-state index is 12.8. The first kappa shape index (κ1) is 64.4. The van der Waals surface area contributed by atoms with Crippen LogP contribution in [0.25, 0.3) is 0 Å². The molecule has 0 unspecified atom stereocenters. The van der Waals surface area contributed by atoms with Crippen LogP contribution >= 0.6 is 0 Å². The summed E-state index contributed by atoms with van der Waals surface area (Å²) in [5.41, 5.74) is 0. The van der Waals surface area contributed by atoms with Crippen LogP contribution in [0.2, 0.25) is 0 Å². The highest BCUT2D eigenvalue weighted by Gasteiger charge is 2.19. The Bertz CT molecular complexity index is 996. The molecule has 0 radical (unpaired) electrons. The van der Waals surface area contributed by atoms with Crippen molar-refractivity contribution >= 4 is 17.9 Å². The first-order valence-electron chi connectivity index (χ1n) is 29.9. The number of hydrogen-bond acceptors (Lipinski definition) is 6. The average Bonchev–Trinajstić information content (AvgIpc) is 3.30. The van der Waals surface area contributed by atoms with Gasteiger partial charge in [0.25, 0.3) is 0 Å². The molecule has 6 nitrogen and oxygen atoms in total. The van der Waals surface area contributed by atoms with Gasteiger partial charge in [-0.2, -0.15) is 0 Å². The maximum atomic E-state index is 12.8. The molecule has 392 valence electrons. The van der Waals surface area contributed by atoms with Gasteiger partial charge in [-0.25, -0.2) is 0 Å². The number of carbonyl (C=O) groups is 3. The smallest absolute Gasteiger partial charge is 0.306 e. The molecular formula is C60H116O6. The highest BCUT2D eigenvalue weighted by molar-refractivity contribution is 5.71. The standard InChI is InChI=1S/C60H116O6/c1-5-7-9-11-13-15-17-18-19-22-26-29-32-36-39-43-47-51-58(61)64-54-57(66-60(63)53-49-45-41-35-16-14-12-10-8-6-2)55-65-59(62)52-48-44-40-37-33-30-27-24-21-20-23-25-28-31-34-38-42-46-50-56(3)4/h56-57H,5-55H2,1-4H3/t57-/m1/s1. The van der Waals surface area contributed by atoms with Crippen molar-refractivity contribution in [1.82, 2.24) is 0 Å². The Labute approximate surface area is 412 Å². The molecular weight excluding hydrogens is 817 g/mol. The van der Waals surface area contributed by atoms with Crippen LogP contribution < -0.4 is 0 Å². The van der Waals surface area contributed by atoms with E-state index in [4.69, 9.17) is 14.2 Å². The SMILES string of the molecule is CCCCCCCCCCCCCCCCCCCC(=O)OC[C@H](COC(=O)CCCCCCCCCCCCCCCCCCCCC(C)C)OC(=O)CCCCCCCCCCCC. The van der Waals surface area contributed by atoms with Gasteiger partial charge in [0, 0.05) is 19.3 Å². The average molecular weight is 934 g/mol. The molecule has 0 aromatic carbocycles. The van der Waals surface area contributed by atoms with Gasteiger partial charge in [-0.05, 0) is 25.2 Å². The second-order valence-corrected chi connectivity index (χ2v) is 21.1. The highest BCUT2D eigenvalue weighted by atomic mass is 16.6. The van der Waals surface area contributed by atoms with Gasteiger partial charge in [0.2, 0.25) is 0 Å². The predicted molar refractivity (Wildman–Crippen MR) is 284 cm³/mol. The minimum absolute atomic E-state index is 0.0618. The van der Waals surface area contributed by atoms with Gasteiger partial charge in [0.1, 0.15) is 13.2 Å². The number of ether oxygens (including phenoxy) is 3. The second-order valence-electron chi connectivity index (χ2n) is 21.1. The van der Waals surface area contributed by atoms with Crippen LogP contribution in [0.5, 0.6) is 0 Å².